The van der Waals surface area contributed by atoms with Crippen molar-refractivity contribution in [3.8, 4) is 0 Å². The van der Waals surface area contributed by atoms with E-state index in [0.29, 0.717) is 12.0 Å². The molecule has 1 rings (SSSR count). The summed E-state index contributed by atoms with van der Waals surface area (Å²) >= 11 is 0. The van der Waals surface area contributed by atoms with E-state index in [9.17, 15) is 4.79 Å². The van der Waals surface area contributed by atoms with Crippen LogP contribution in [-0.4, -0.2) is 24.3 Å². The van der Waals surface area contributed by atoms with Crippen molar-refractivity contribution >= 4 is 5.97 Å². The molecular weight excluding hydrogens is 144 g/mol. The number of aliphatic carboxylic acids is 1. The first-order chi connectivity index (χ1) is 5.24. The lowest BCUT2D eigenvalue weighted by atomic mass is 9.97. The monoisotopic (exact) mass is 156 g/mol. The maximum Gasteiger partial charge on any atom is 0.331 e. The molecule has 0 saturated heterocycles. The molecule has 3 nitrogen and oxygen atoms in total. The Morgan fingerprint density at radius 3 is 3.09 bits per heavy atom. The predicted octanol–water partition coefficient (Wildman–Crippen LogP) is 1.20. The van der Waals surface area contributed by atoms with Gasteiger partial charge in [0.05, 0.1) is 6.10 Å². The minimum absolute atomic E-state index is 0.103. The van der Waals surface area contributed by atoms with Crippen LogP contribution in [-0.2, 0) is 9.53 Å². The molecule has 0 saturated carbocycles. The third kappa shape index (κ3) is 2.05. The fourth-order valence-corrected chi connectivity index (χ4v) is 1.25. The van der Waals surface area contributed by atoms with E-state index in [1.807, 2.05) is 0 Å². The first-order valence-electron chi connectivity index (χ1n) is 3.69. The Balaban J connectivity index is 2.55. The molecule has 11 heavy (non-hydrogen) atoms. The van der Waals surface area contributed by atoms with E-state index in [-0.39, 0.29) is 6.10 Å². The lowest BCUT2D eigenvalue weighted by Crippen LogP contribution is -2.18. The minimum Gasteiger partial charge on any atom is -0.478 e. The number of carboxylic acids is 1. The first-order valence-corrected chi connectivity index (χ1v) is 3.69. The van der Waals surface area contributed by atoms with E-state index >= 15 is 0 Å². The van der Waals surface area contributed by atoms with Gasteiger partial charge in [-0.2, -0.15) is 0 Å². The van der Waals surface area contributed by atoms with E-state index in [1.54, 1.807) is 13.2 Å². The maximum absolute atomic E-state index is 10.5. The number of ether oxygens (including phenoxy) is 1. The molecule has 0 unspecified atom stereocenters. The fraction of sp³-hybridized carbons (Fsp3) is 0.625. The van der Waals surface area contributed by atoms with E-state index < -0.39 is 5.97 Å². The molecular formula is C8H12O3. The van der Waals surface area contributed by atoms with Crippen LogP contribution in [0.1, 0.15) is 19.3 Å². The summed E-state index contributed by atoms with van der Waals surface area (Å²) in [6.45, 7) is 0. The van der Waals surface area contributed by atoms with Gasteiger partial charge < -0.3 is 9.84 Å². The minimum atomic E-state index is -0.813. The second kappa shape index (κ2) is 3.53. The Morgan fingerprint density at radius 1 is 1.82 bits per heavy atom. The highest BCUT2D eigenvalue weighted by Gasteiger charge is 2.18. The molecule has 1 aliphatic carbocycles. The van der Waals surface area contributed by atoms with Crippen LogP contribution in [0.4, 0.5) is 0 Å². The van der Waals surface area contributed by atoms with Gasteiger partial charge in [0.2, 0.25) is 0 Å². The second-order valence-corrected chi connectivity index (χ2v) is 2.67. The van der Waals surface area contributed by atoms with Gasteiger partial charge >= 0.3 is 5.97 Å². The number of carboxylic acid groups (broad SMARTS) is 1. The quantitative estimate of drug-likeness (QED) is 0.653. The molecule has 0 radical (unpaired) electrons. The summed E-state index contributed by atoms with van der Waals surface area (Å²) in [6.07, 6.45) is 4.18. The van der Waals surface area contributed by atoms with Gasteiger partial charge in [0, 0.05) is 19.1 Å². The second-order valence-electron chi connectivity index (χ2n) is 2.67. The normalized spacial score (nSPS) is 24.5. The van der Waals surface area contributed by atoms with Crippen molar-refractivity contribution in [2.45, 2.75) is 25.4 Å². The lowest BCUT2D eigenvalue weighted by Gasteiger charge is -2.18. The zero-order valence-electron chi connectivity index (χ0n) is 6.54. The largest absolute Gasteiger partial charge is 0.478 e. The van der Waals surface area contributed by atoms with Crippen LogP contribution >= 0.6 is 0 Å². The maximum atomic E-state index is 10.5. The number of rotatable bonds is 2. The Hall–Kier alpha value is -0.830. The summed E-state index contributed by atoms with van der Waals surface area (Å²) in [6, 6.07) is 0. The van der Waals surface area contributed by atoms with Crippen LogP contribution in [0.25, 0.3) is 0 Å². The Labute approximate surface area is 65.7 Å². The van der Waals surface area contributed by atoms with Crippen molar-refractivity contribution in [2.24, 2.45) is 0 Å². The molecule has 0 aromatic carbocycles. The summed E-state index contributed by atoms with van der Waals surface area (Å²) in [5, 5.41) is 8.63. The summed E-state index contributed by atoms with van der Waals surface area (Å²) < 4.78 is 5.07. The average molecular weight is 156 g/mol. The zero-order chi connectivity index (χ0) is 8.27. The van der Waals surface area contributed by atoms with Gasteiger partial charge in [0.25, 0.3) is 0 Å². The Bertz CT molecular complexity index is 184. The predicted molar refractivity (Wildman–Crippen MR) is 40.4 cm³/mol. The summed E-state index contributed by atoms with van der Waals surface area (Å²) in [5.41, 5.74) is 0.489. The van der Waals surface area contributed by atoms with Crippen LogP contribution in [0.5, 0.6) is 0 Å². The standard InChI is InChI=1S/C8H12O3/c1-11-7-4-2-3-6(5-7)8(9)10/h3,7H,2,4-5H2,1H3,(H,9,10)/t7-/m0/s1. The summed E-state index contributed by atoms with van der Waals surface area (Å²) in [5.74, 6) is -0.813. The van der Waals surface area contributed by atoms with Gasteiger partial charge in [-0.3, -0.25) is 0 Å². The molecule has 3 heteroatoms. The number of carbonyl (C=O) groups is 1. The molecule has 1 N–H and O–H groups in total. The van der Waals surface area contributed by atoms with Crippen molar-refractivity contribution in [1.82, 2.24) is 0 Å². The van der Waals surface area contributed by atoms with E-state index in [2.05, 4.69) is 0 Å². The van der Waals surface area contributed by atoms with Crippen molar-refractivity contribution < 1.29 is 14.6 Å². The van der Waals surface area contributed by atoms with Crippen molar-refractivity contribution in [1.29, 1.82) is 0 Å². The highest BCUT2D eigenvalue weighted by Crippen LogP contribution is 2.20. The Morgan fingerprint density at radius 2 is 2.55 bits per heavy atom. The molecule has 0 bridgehead atoms. The summed E-state index contributed by atoms with van der Waals surface area (Å²) in [7, 11) is 1.62. The molecule has 0 heterocycles. The highest BCUT2D eigenvalue weighted by atomic mass is 16.5. The van der Waals surface area contributed by atoms with Gasteiger partial charge in [-0.15, -0.1) is 0 Å². The third-order valence-corrected chi connectivity index (χ3v) is 1.93. The summed E-state index contributed by atoms with van der Waals surface area (Å²) in [4.78, 5) is 10.5. The van der Waals surface area contributed by atoms with Crippen molar-refractivity contribution in [2.75, 3.05) is 7.11 Å². The first kappa shape index (κ1) is 8.27. The Kier molecular flexibility index (Phi) is 2.65. The topological polar surface area (TPSA) is 46.5 Å². The number of allylic oxidation sites excluding steroid dienone is 1. The highest BCUT2D eigenvalue weighted by molar-refractivity contribution is 5.86. The van der Waals surface area contributed by atoms with Crippen molar-refractivity contribution in [3.05, 3.63) is 11.6 Å². The van der Waals surface area contributed by atoms with Gasteiger partial charge in [0.1, 0.15) is 0 Å². The van der Waals surface area contributed by atoms with Gasteiger partial charge in [-0.1, -0.05) is 6.08 Å². The zero-order valence-corrected chi connectivity index (χ0v) is 6.54. The number of methoxy groups -OCH3 is 1. The van der Waals surface area contributed by atoms with Crippen LogP contribution in [0.2, 0.25) is 0 Å². The molecule has 0 spiro atoms. The van der Waals surface area contributed by atoms with E-state index in [4.69, 9.17) is 9.84 Å². The molecule has 1 aliphatic rings. The van der Waals surface area contributed by atoms with Crippen molar-refractivity contribution in [3.63, 3.8) is 0 Å². The number of hydrogen-bond donors (Lipinski definition) is 1. The molecule has 0 aromatic heterocycles. The SMILES string of the molecule is CO[C@H]1CCC=C(C(=O)O)C1. The van der Waals surface area contributed by atoms with Crippen LogP contribution in [0.3, 0.4) is 0 Å². The molecule has 1 atom stereocenters. The lowest BCUT2D eigenvalue weighted by molar-refractivity contribution is -0.133. The van der Waals surface area contributed by atoms with E-state index in [1.165, 1.54) is 0 Å². The van der Waals surface area contributed by atoms with E-state index in [0.717, 1.165) is 12.8 Å². The van der Waals surface area contributed by atoms with Crippen LogP contribution in [0.15, 0.2) is 11.6 Å². The molecule has 62 valence electrons. The van der Waals surface area contributed by atoms with Gasteiger partial charge in [-0.25, -0.2) is 4.79 Å². The fourth-order valence-electron chi connectivity index (χ4n) is 1.25. The van der Waals surface area contributed by atoms with Gasteiger partial charge in [0.15, 0.2) is 0 Å². The van der Waals surface area contributed by atoms with Crippen LogP contribution < -0.4 is 0 Å². The molecule has 0 aromatic rings. The molecule has 0 aliphatic heterocycles. The molecule has 0 fully saturated rings. The van der Waals surface area contributed by atoms with Gasteiger partial charge in [-0.05, 0) is 12.8 Å². The number of hydrogen-bond acceptors (Lipinski definition) is 2. The molecule has 0 amide bonds. The smallest absolute Gasteiger partial charge is 0.331 e. The van der Waals surface area contributed by atoms with Crippen LogP contribution in [0, 0.1) is 0 Å². The third-order valence-electron chi connectivity index (χ3n) is 1.93. The average Bonchev–Trinajstić information content (AvgIpc) is 2.05.